The standard InChI is InChI=1S/C12H22N2O/c1-7(2)4-8(3)12-6-9(12)5-10(14-12)11(13)15/h7-10,14H,4-6H2,1-3H3,(H2,13,15)/t8-,9?,10?,12?/m0/s1. The second-order valence-corrected chi connectivity index (χ2v) is 5.81. The van der Waals surface area contributed by atoms with Crippen molar-refractivity contribution in [3.05, 3.63) is 0 Å². The van der Waals surface area contributed by atoms with E-state index >= 15 is 0 Å². The number of hydrogen-bond donors (Lipinski definition) is 2. The normalized spacial score (nSPS) is 40.3. The van der Waals surface area contributed by atoms with Gasteiger partial charge >= 0.3 is 0 Å². The lowest BCUT2D eigenvalue weighted by molar-refractivity contribution is -0.120. The van der Waals surface area contributed by atoms with Gasteiger partial charge in [0.05, 0.1) is 6.04 Å². The summed E-state index contributed by atoms with van der Waals surface area (Å²) in [5.74, 6) is 1.90. The number of carbonyl (C=O) groups excluding carboxylic acids is 1. The van der Waals surface area contributed by atoms with E-state index in [-0.39, 0.29) is 17.5 Å². The minimum atomic E-state index is -0.182. The zero-order chi connectivity index (χ0) is 11.2. The zero-order valence-electron chi connectivity index (χ0n) is 9.92. The minimum Gasteiger partial charge on any atom is -0.368 e. The average molecular weight is 210 g/mol. The third kappa shape index (κ3) is 1.78. The molecule has 0 spiro atoms. The predicted octanol–water partition coefficient (Wildman–Crippen LogP) is 1.27. The maximum Gasteiger partial charge on any atom is 0.234 e. The van der Waals surface area contributed by atoms with Gasteiger partial charge in [-0.25, -0.2) is 0 Å². The molecule has 1 heterocycles. The Bertz CT molecular complexity index is 277. The van der Waals surface area contributed by atoms with Gasteiger partial charge in [0, 0.05) is 5.54 Å². The first-order chi connectivity index (χ1) is 6.95. The Kier molecular flexibility index (Phi) is 2.53. The van der Waals surface area contributed by atoms with Gasteiger partial charge in [-0.15, -0.1) is 0 Å². The van der Waals surface area contributed by atoms with Crippen LogP contribution in [-0.2, 0) is 4.79 Å². The smallest absolute Gasteiger partial charge is 0.234 e. The summed E-state index contributed by atoms with van der Waals surface area (Å²) in [7, 11) is 0. The van der Waals surface area contributed by atoms with Crippen LogP contribution < -0.4 is 11.1 Å². The molecule has 2 rings (SSSR count). The van der Waals surface area contributed by atoms with Crippen molar-refractivity contribution in [2.24, 2.45) is 23.5 Å². The van der Waals surface area contributed by atoms with Crippen LogP contribution in [0.2, 0.25) is 0 Å². The van der Waals surface area contributed by atoms with Crippen molar-refractivity contribution in [2.45, 2.75) is 51.6 Å². The van der Waals surface area contributed by atoms with Crippen LogP contribution in [0.1, 0.15) is 40.0 Å². The van der Waals surface area contributed by atoms with Crippen LogP contribution in [0.25, 0.3) is 0 Å². The van der Waals surface area contributed by atoms with E-state index in [9.17, 15) is 4.79 Å². The molecule has 1 aliphatic heterocycles. The highest BCUT2D eigenvalue weighted by atomic mass is 16.1. The molecule has 0 aromatic heterocycles. The summed E-state index contributed by atoms with van der Waals surface area (Å²) in [6.45, 7) is 6.81. The third-order valence-electron chi connectivity index (χ3n) is 4.16. The van der Waals surface area contributed by atoms with Gasteiger partial charge in [0.2, 0.25) is 5.91 Å². The number of hydrogen-bond acceptors (Lipinski definition) is 2. The first kappa shape index (κ1) is 10.9. The third-order valence-corrected chi connectivity index (χ3v) is 4.16. The number of carbonyl (C=O) groups is 1. The highest BCUT2D eigenvalue weighted by molar-refractivity contribution is 5.80. The van der Waals surface area contributed by atoms with E-state index in [0.29, 0.717) is 11.8 Å². The Hall–Kier alpha value is -0.570. The molecule has 0 aromatic rings. The Balaban J connectivity index is 1.97. The van der Waals surface area contributed by atoms with Crippen molar-refractivity contribution in [3.8, 4) is 0 Å². The summed E-state index contributed by atoms with van der Waals surface area (Å²) in [6, 6.07) is -0.0710. The van der Waals surface area contributed by atoms with E-state index in [1.54, 1.807) is 0 Å². The van der Waals surface area contributed by atoms with E-state index in [1.165, 1.54) is 12.8 Å². The molecule has 3 unspecified atom stereocenters. The quantitative estimate of drug-likeness (QED) is 0.734. The molecule has 3 nitrogen and oxygen atoms in total. The summed E-state index contributed by atoms with van der Waals surface area (Å²) in [5, 5.41) is 3.47. The Morgan fingerprint density at radius 1 is 1.53 bits per heavy atom. The Morgan fingerprint density at radius 2 is 2.20 bits per heavy atom. The number of primary amides is 1. The van der Waals surface area contributed by atoms with E-state index < -0.39 is 0 Å². The lowest BCUT2D eigenvalue weighted by Crippen LogP contribution is -2.46. The van der Waals surface area contributed by atoms with Crippen LogP contribution in [0.5, 0.6) is 0 Å². The van der Waals surface area contributed by atoms with Crippen LogP contribution in [0, 0.1) is 17.8 Å². The number of nitrogens with one attached hydrogen (secondary N) is 1. The van der Waals surface area contributed by atoms with Gasteiger partial charge in [-0.3, -0.25) is 10.1 Å². The fourth-order valence-corrected chi connectivity index (χ4v) is 3.34. The molecule has 1 saturated carbocycles. The minimum absolute atomic E-state index is 0.0710. The first-order valence-corrected chi connectivity index (χ1v) is 6.02. The molecule has 2 aliphatic rings. The predicted molar refractivity (Wildman–Crippen MR) is 60.2 cm³/mol. The summed E-state index contributed by atoms with van der Waals surface area (Å²) >= 11 is 0. The molecule has 1 amide bonds. The number of nitrogens with two attached hydrogens (primary N) is 1. The summed E-state index contributed by atoms with van der Waals surface area (Å²) in [4.78, 5) is 11.1. The maximum absolute atomic E-state index is 11.1. The first-order valence-electron chi connectivity index (χ1n) is 6.02. The number of fused-ring (bicyclic) bond motifs is 1. The summed E-state index contributed by atoms with van der Waals surface area (Å²) in [6.07, 6.45) is 3.43. The van der Waals surface area contributed by atoms with Gasteiger partial charge in [0.15, 0.2) is 0 Å². The van der Waals surface area contributed by atoms with Crippen molar-refractivity contribution in [3.63, 3.8) is 0 Å². The Labute approximate surface area is 91.8 Å². The molecule has 15 heavy (non-hydrogen) atoms. The number of rotatable bonds is 4. The molecular formula is C12H22N2O. The average Bonchev–Trinajstić information content (AvgIpc) is 2.68. The van der Waals surface area contributed by atoms with Crippen LogP contribution in [-0.4, -0.2) is 17.5 Å². The molecule has 3 heteroatoms. The van der Waals surface area contributed by atoms with Crippen LogP contribution >= 0.6 is 0 Å². The Morgan fingerprint density at radius 3 is 2.67 bits per heavy atom. The zero-order valence-corrected chi connectivity index (χ0v) is 9.92. The molecule has 4 atom stereocenters. The van der Waals surface area contributed by atoms with E-state index in [1.807, 2.05) is 0 Å². The van der Waals surface area contributed by atoms with Crippen LogP contribution in [0.3, 0.4) is 0 Å². The fourth-order valence-electron chi connectivity index (χ4n) is 3.34. The molecule has 0 bridgehead atoms. The highest BCUT2D eigenvalue weighted by Gasteiger charge is 2.63. The molecule has 86 valence electrons. The molecule has 0 aromatic carbocycles. The van der Waals surface area contributed by atoms with Gasteiger partial charge in [-0.2, -0.15) is 0 Å². The van der Waals surface area contributed by atoms with Crippen molar-refractivity contribution in [1.29, 1.82) is 0 Å². The molecular weight excluding hydrogens is 188 g/mol. The maximum atomic E-state index is 11.1. The van der Waals surface area contributed by atoms with Crippen molar-refractivity contribution in [2.75, 3.05) is 0 Å². The highest BCUT2D eigenvalue weighted by Crippen LogP contribution is 2.57. The van der Waals surface area contributed by atoms with Gasteiger partial charge < -0.3 is 5.73 Å². The van der Waals surface area contributed by atoms with Gasteiger partial charge in [-0.1, -0.05) is 20.8 Å². The van der Waals surface area contributed by atoms with Crippen molar-refractivity contribution < 1.29 is 4.79 Å². The van der Waals surface area contributed by atoms with Gasteiger partial charge in [0.25, 0.3) is 0 Å². The lowest BCUT2D eigenvalue weighted by Gasteiger charge is -2.25. The van der Waals surface area contributed by atoms with E-state index in [4.69, 9.17) is 5.73 Å². The van der Waals surface area contributed by atoms with Crippen molar-refractivity contribution >= 4 is 5.91 Å². The second kappa shape index (κ2) is 3.48. The van der Waals surface area contributed by atoms with Crippen LogP contribution in [0.4, 0.5) is 0 Å². The molecule has 1 saturated heterocycles. The molecule has 2 fully saturated rings. The molecule has 1 aliphatic carbocycles. The summed E-state index contributed by atoms with van der Waals surface area (Å²) in [5.41, 5.74) is 5.59. The largest absolute Gasteiger partial charge is 0.368 e. The number of piperidine rings is 1. The topological polar surface area (TPSA) is 55.1 Å². The fraction of sp³-hybridized carbons (Fsp3) is 0.917. The van der Waals surface area contributed by atoms with E-state index in [0.717, 1.165) is 12.3 Å². The summed E-state index contributed by atoms with van der Waals surface area (Å²) < 4.78 is 0. The van der Waals surface area contributed by atoms with Gasteiger partial charge in [0.1, 0.15) is 0 Å². The lowest BCUT2D eigenvalue weighted by atomic mass is 9.89. The van der Waals surface area contributed by atoms with Crippen LogP contribution in [0.15, 0.2) is 0 Å². The van der Waals surface area contributed by atoms with Gasteiger partial charge in [-0.05, 0) is 37.0 Å². The monoisotopic (exact) mass is 210 g/mol. The molecule has 0 radical (unpaired) electrons. The SMILES string of the molecule is CC(C)C[C@H](C)C12CC1CC(C(N)=O)N2. The molecule has 3 N–H and O–H groups in total. The van der Waals surface area contributed by atoms with Crippen molar-refractivity contribution in [1.82, 2.24) is 5.32 Å². The van der Waals surface area contributed by atoms with E-state index in [2.05, 4.69) is 26.1 Å². The second-order valence-electron chi connectivity index (χ2n) is 5.81. The number of amides is 1.